The number of benzene rings is 1. The van der Waals surface area contributed by atoms with Crippen LogP contribution in [-0.2, 0) is 9.53 Å². The predicted octanol–water partition coefficient (Wildman–Crippen LogP) is -0.743. The average molecular weight is 293 g/mol. The lowest BCUT2D eigenvalue weighted by Gasteiger charge is -2.23. The number of morpholine rings is 1. The van der Waals surface area contributed by atoms with Gasteiger partial charge >= 0.3 is 5.97 Å². The number of esters is 1. The van der Waals surface area contributed by atoms with Crippen LogP contribution in [-0.4, -0.2) is 51.3 Å². The van der Waals surface area contributed by atoms with E-state index in [4.69, 9.17) is 9.47 Å². The molecule has 1 fully saturated rings. The molecule has 0 unspecified atom stereocenters. The van der Waals surface area contributed by atoms with Crippen molar-refractivity contribution in [2.75, 3.05) is 39.4 Å². The molecule has 0 aromatic heterocycles. The van der Waals surface area contributed by atoms with E-state index >= 15 is 0 Å². The van der Waals surface area contributed by atoms with Gasteiger partial charge in [-0.25, -0.2) is 0 Å². The first-order chi connectivity index (χ1) is 10.1. The van der Waals surface area contributed by atoms with Gasteiger partial charge in [0.1, 0.15) is 18.8 Å². The van der Waals surface area contributed by atoms with Crippen molar-refractivity contribution < 1.29 is 24.0 Å². The third kappa shape index (κ3) is 5.17. The van der Waals surface area contributed by atoms with Gasteiger partial charge in [-0.05, 0) is 24.3 Å². The molecule has 6 heteroatoms. The van der Waals surface area contributed by atoms with Crippen LogP contribution in [0.4, 0.5) is 0 Å². The zero-order valence-corrected chi connectivity index (χ0v) is 12.2. The van der Waals surface area contributed by atoms with Crippen molar-refractivity contribution in [1.82, 2.24) is 5.32 Å². The number of ether oxygens (including phenoxy) is 2. The summed E-state index contributed by atoms with van der Waals surface area (Å²) in [6, 6.07) is 6.53. The highest BCUT2D eigenvalue weighted by Crippen LogP contribution is 2.12. The Bertz CT molecular complexity index is 481. The first-order valence-electron chi connectivity index (χ1n) is 7.13. The fourth-order valence-electron chi connectivity index (χ4n) is 2.21. The number of amides is 1. The molecule has 0 spiro atoms. The van der Waals surface area contributed by atoms with E-state index in [-0.39, 0.29) is 11.9 Å². The fourth-order valence-corrected chi connectivity index (χ4v) is 2.21. The maximum absolute atomic E-state index is 12.0. The van der Waals surface area contributed by atoms with Crippen LogP contribution in [0.25, 0.3) is 0 Å². The van der Waals surface area contributed by atoms with Crippen molar-refractivity contribution in [2.45, 2.75) is 6.92 Å². The lowest BCUT2D eigenvalue weighted by Crippen LogP contribution is -3.14. The zero-order valence-electron chi connectivity index (χ0n) is 12.2. The second kappa shape index (κ2) is 7.75. The first kappa shape index (κ1) is 15.5. The smallest absolute Gasteiger partial charge is 0.308 e. The van der Waals surface area contributed by atoms with Crippen molar-refractivity contribution in [3.8, 4) is 5.75 Å². The molecule has 1 aliphatic heterocycles. The Morgan fingerprint density at radius 3 is 2.52 bits per heavy atom. The van der Waals surface area contributed by atoms with Crippen molar-refractivity contribution in [3.05, 3.63) is 29.8 Å². The Balaban J connectivity index is 1.75. The maximum Gasteiger partial charge on any atom is 0.308 e. The summed E-state index contributed by atoms with van der Waals surface area (Å²) >= 11 is 0. The molecular weight excluding hydrogens is 272 g/mol. The van der Waals surface area contributed by atoms with E-state index in [1.54, 1.807) is 24.3 Å². The van der Waals surface area contributed by atoms with E-state index in [1.165, 1.54) is 11.8 Å². The van der Waals surface area contributed by atoms with Crippen molar-refractivity contribution in [3.63, 3.8) is 0 Å². The Morgan fingerprint density at radius 2 is 1.90 bits per heavy atom. The average Bonchev–Trinajstić information content (AvgIpc) is 2.48. The summed E-state index contributed by atoms with van der Waals surface area (Å²) in [6.45, 7) is 6.46. The SMILES string of the molecule is CC(=O)Oc1ccc(C(=O)NCC[NH+]2CCOCC2)cc1. The zero-order chi connectivity index (χ0) is 15.1. The van der Waals surface area contributed by atoms with Crippen molar-refractivity contribution >= 4 is 11.9 Å². The molecule has 0 aliphatic carbocycles. The van der Waals surface area contributed by atoms with Gasteiger partial charge in [0, 0.05) is 12.5 Å². The topological polar surface area (TPSA) is 69.1 Å². The predicted molar refractivity (Wildman–Crippen MR) is 76.5 cm³/mol. The quantitative estimate of drug-likeness (QED) is 0.554. The third-order valence-corrected chi connectivity index (χ3v) is 3.34. The standard InChI is InChI=1S/C15H20N2O4/c1-12(18)21-14-4-2-13(3-5-14)15(19)16-6-7-17-8-10-20-11-9-17/h2-5H,6-11H2,1H3,(H,16,19)/p+1. The van der Waals surface area contributed by atoms with E-state index in [0.29, 0.717) is 17.9 Å². The molecule has 1 amide bonds. The van der Waals surface area contributed by atoms with Gasteiger partial charge in [0.15, 0.2) is 0 Å². The van der Waals surface area contributed by atoms with Gasteiger partial charge in [-0.2, -0.15) is 0 Å². The van der Waals surface area contributed by atoms with E-state index in [0.717, 1.165) is 32.8 Å². The number of rotatable bonds is 5. The molecule has 1 aromatic carbocycles. The lowest BCUT2D eigenvalue weighted by molar-refractivity contribution is -0.906. The second-order valence-electron chi connectivity index (χ2n) is 4.99. The highest BCUT2D eigenvalue weighted by molar-refractivity contribution is 5.94. The summed E-state index contributed by atoms with van der Waals surface area (Å²) in [5.74, 6) is -0.0467. The summed E-state index contributed by atoms with van der Waals surface area (Å²) < 4.78 is 10.2. The highest BCUT2D eigenvalue weighted by atomic mass is 16.5. The normalized spacial score (nSPS) is 15.5. The number of nitrogens with one attached hydrogen (secondary N) is 2. The summed E-state index contributed by atoms with van der Waals surface area (Å²) in [5, 5.41) is 2.90. The number of hydrogen-bond acceptors (Lipinski definition) is 4. The van der Waals surface area contributed by atoms with Gasteiger partial charge in [-0.3, -0.25) is 9.59 Å². The van der Waals surface area contributed by atoms with Gasteiger partial charge < -0.3 is 19.7 Å². The fraction of sp³-hybridized carbons (Fsp3) is 0.467. The van der Waals surface area contributed by atoms with Crippen LogP contribution < -0.4 is 15.0 Å². The maximum atomic E-state index is 12.0. The van der Waals surface area contributed by atoms with Gasteiger partial charge in [0.05, 0.1) is 26.3 Å². The van der Waals surface area contributed by atoms with Crippen LogP contribution in [0.15, 0.2) is 24.3 Å². The largest absolute Gasteiger partial charge is 0.427 e. The number of quaternary nitrogens is 1. The summed E-state index contributed by atoms with van der Waals surface area (Å²) in [6.07, 6.45) is 0. The van der Waals surface area contributed by atoms with E-state index in [1.807, 2.05) is 0 Å². The van der Waals surface area contributed by atoms with E-state index in [9.17, 15) is 9.59 Å². The number of carbonyl (C=O) groups excluding carboxylic acids is 2. The Hall–Kier alpha value is -1.92. The van der Waals surface area contributed by atoms with E-state index in [2.05, 4.69) is 5.32 Å². The van der Waals surface area contributed by atoms with Gasteiger partial charge in [-0.1, -0.05) is 0 Å². The molecular formula is C15H21N2O4+. The lowest BCUT2D eigenvalue weighted by atomic mass is 10.2. The van der Waals surface area contributed by atoms with Crippen molar-refractivity contribution in [2.24, 2.45) is 0 Å². The molecule has 1 heterocycles. The molecule has 0 radical (unpaired) electrons. The van der Waals surface area contributed by atoms with E-state index < -0.39 is 0 Å². The van der Waals surface area contributed by atoms with Crippen LogP contribution in [0.2, 0.25) is 0 Å². The molecule has 0 atom stereocenters. The van der Waals surface area contributed by atoms with Crippen LogP contribution >= 0.6 is 0 Å². The molecule has 0 saturated carbocycles. The van der Waals surface area contributed by atoms with Crippen LogP contribution in [0.1, 0.15) is 17.3 Å². The number of hydrogen-bond donors (Lipinski definition) is 2. The molecule has 2 N–H and O–H groups in total. The minimum Gasteiger partial charge on any atom is -0.427 e. The molecule has 114 valence electrons. The molecule has 6 nitrogen and oxygen atoms in total. The molecule has 21 heavy (non-hydrogen) atoms. The second-order valence-corrected chi connectivity index (χ2v) is 4.99. The summed E-state index contributed by atoms with van der Waals surface area (Å²) in [5.41, 5.74) is 0.558. The Labute approximate surface area is 124 Å². The monoisotopic (exact) mass is 293 g/mol. The third-order valence-electron chi connectivity index (χ3n) is 3.34. The Morgan fingerprint density at radius 1 is 1.24 bits per heavy atom. The molecule has 1 aliphatic rings. The van der Waals surface area contributed by atoms with Crippen molar-refractivity contribution in [1.29, 1.82) is 0 Å². The Kier molecular flexibility index (Phi) is 5.71. The molecule has 1 aromatic rings. The van der Waals surface area contributed by atoms with Gasteiger partial charge in [0.25, 0.3) is 5.91 Å². The molecule has 2 rings (SSSR count). The van der Waals surface area contributed by atoms with Crippen LogP contribution in [0, 0.1) is 0 Å². The minimum atomic E-state index is -0.374. The molecule has 0 bridgehead atoms. The summed E-state index contributed by atoms with van der Waals surface area (Å²) in [7, 11) is 0. The van der Waals surface area contributed by atoms with Gasteiger partial charge in [0.2, 0.25) is 0 Å². The molecule has 1 saturated heterocycles. The van der Waals surface area contributed by atoms with Gasteiger partial charge in [-0.15, -0.1) is 0 Å². The first-order valence-corrected chi connectivity index (χ1v) is 7.13. The highest BCUT2D eigenvalue weighted by Gasteiger charge is 2.13. The minimum absolute atomic E-state index is 0.114. The van der Waals surface area contributed by atoms with Crippen LogP contribution in [0.5, 0.6) is 5.75 Å². The summed E-state index contributed by atoms with van der Waals surface area (Å²) in [4.78, 5) is 24.2. The van der Waals surface area contributed by atoms with Crippen LogP contribution in [0.3, 0.4) is 0 Å². The number of carbonyl (C=O) groups is 2.